The van der Waals surface area contributed by atoms with E-state index in [2.05, 4.69) is 90.7 Å². The second-order valence-corrected chi connectivity index (χ2v) is 36.2. The van der Waals surface area contributed by atoms with Crippen LogP contribution in [0.25, 0.3) is 0 Å². The summed E-state index contributed by atoms with van der Waals surface area (Å²) >= 11 is -0.613. The minimum atomic E-state index is -1.29. The maximum atomic E-state index is 2.67. The number of hydrogen-bond donors (Lipinski definition) is 0. The number of allylic oxidation sites excluding steroid dienone is 8. The molecule has 0 N–H and O–H groups in total. The zero-order valence-electron chi connectivity index (χ0n) is 20.0. The Labute approximate surface area is 193 Å². The van der Waals surface area contributed by atoms with Crippen molar-refractivity contribution in [2.75, 3.05) is 0 Å². The summed E-state index contributed by atoms with van der Waals surface area (Å²) in [5.41, 5.74) is 0. The van der Waals surface area contributed by atoms with Crippen molar-refractivity contribution in [3.8, 4) is 0 Å². The molecule has 2 aliphatic rings. The van der Waals surface area contributed by atoms with Crippen LogP contribution in [0.4, 0.5) is 0 Å². The van der Waals surface area contributed by atoms with Crippen molar-refractivity contribution in [1.82, 2.24) is 0 Å². The summed E-state index contributed by atoms with van der Waals surface area (Å²) in [5.74, 6) is 0. The molecule has 0 radical (unpaired) electrons. The maximum absolute atomic E-state index is 2.67. The topological polar surface area (TPSA) is 0 Å². The van der Waals surface area contributed by atoms with Crippen LogP contribution >= 0.6 is 0 Å². The van der Waals surface area contributed by atoms with Crippen LogP contribution in [0.2, 0.25) is 78.6 Å². The van der Waals surface area contributed by atoms with Gasteiger partial charge in [0.25, 0.3) is 0 Å². The first-order chi connectivity index (χ1) is 11.9. The summed E-state index contributed by atoms with van der Waals surface area (Å²) in [5, 5.41) is 7.53. The third-order valence-electron chi connectivity index (χ3n) is 5.44. The molecular formula is C22H42Si4Sm. The first-order valence-corrected chi connectivity index (χ1v) is 27.1. The molecule has 0 spiro atoms. The fourth-order valence-electron chi connectivity index (χ4n) is 4.44. The van der Waals surface area contributed by atoms with E-state index in [0.717, 1.165) is 0 Å². The first kappa shape index (κ1) is 24.4. The summed E-state index contributed by atoms with van der Waals surface area (Å²) in [4.78, 5) is 0. The van der Waals surface area contributed by atoms with E-state index in [4.69, 9.17) is 0 Å². The molecule has 5 heteroatoms. The van der Waals surface area contributed by atoms with Gasteiger partial charge in [0.1, 0.15) is 0 Å². The fraction of sp³-hybridized carbons (Fsp3) is 0.636. The molecule has 0 saturated carbocycles. The van der Waals surface area contributed by atoms with Crippen molar-refractivity contribution in [1.29, 1.82) is 0 Å². The van der Waals surface area contributed by atoms with Crippen molar-refractivity contribution >= 4 is 32.3 Å². The molecule has 0 aromatic carbocycles. The third-order valence-corrected chi connectivity index (χ3v) is 19.4. The normalized spacial score (nSPS) is 19.9. The molecule has 0 unspecified atom stereocenters. The van der Waals surface area contributed by atoms with Gasteiger partial charge in [0.05, 0.1) is 0 Å². The predicted molar refractivity (Wildman–Crippen MR) is 133 cm³/mol. The molecule has 0 saturated heterocycles. The van der Waals surface area contributed by atoms with Crippen molar-refractivity contribution in [2.24, 2.45) is 0 Å². The van der Waals surface area contributed by atoms with Crippen molar-refractivity contribution < 1.29 is 36.3 Å². The average molecular weight is 569 g/mol. The van der Waals surface area contributed by atoms with Gasteiger partial charge >= 0.3 is 196 Å². The molecule has 152 valence electrons. The molecular weight excluding hydrogens is 527 g/mol. The molecule has 0 amide bonds. The van der Waals surface area contributed by atoms with Crippen LogP contribution in [0.1, 0.15) is 12.8 Å². The molecule has 2 rings (SSSR count). The van der Waals surface area contributed by atoms with Gasteiger partial charge in [0, 0.05) is 0 Å². The molecule has 0 aromatic heterocycles. The molecule has 0 heterocycles. The molecule has 0 aliphatic heterocycles. The monoisotopic (exact) mass is 570 g/mol. The second-order valence-electron chi connectivity index (χ2n) is 12.3. The Kier molecular flexibility index (Phi) is 7.26. The molecule has 0 atom stereocenters. The van der Waals surface area contributed by atoms with Crippen molar-refractivity contribution in [3.63, 3.8) is 0 Å². The van der Waals surface area contributed by atoms with Crippen LogP contribution in [0.3, 0.4) is 0 Å². The zero-order valence-corrected chi connectivity index (χ0v) is 26.6. The van der Waals surface area contributed by atoms with Crippen molar-refractivity contribution in [3.05, 3.63) is 35.5 Å². The summed E-state index contributed by atoms with van der Waals surface area (Å²) in [6.45, 7) is 30.9. The summed E-state index contributed by atoms with van der Waals surface area (Å²) < 4.78 is 3.92. The molecule has 0 nitrogen and oxygen atoms in total. The van der Waals surface area contributed by atoms with Gasteiger partial charge in [-0.2, -0.15) is 0 Å². The van der Waals surface area contributed by atoms with Gasteiger partial charge in [-0.3, -0.25) is 0 Å². The fourth-order valence-corrected chi connectivity index (χ4v) is 26.5. The van der Waals surface area contributed by atoms with Gasteiger partial charge < -0.3 is 0 Å². The van der Waals surface area contributed by atoms with Gasteiger partial charge in [-0.05, 0) is 0 Å². The Balaban J connectivity index is 2.54. The van der Waals surface area contributed by atoms with Gasteiger partial charge in [0.2, 0.25) is 0 Å². The van der Waals surface area contributed by atoms with Crippen LogP contribution in [-0.4, -0.2) is 32.3 Å². The summed E-state index contributed by atoms with van der Waals surface area (Å²) in [6.07, 6.45) is 7.95. The summed E-state index contributed by atoms with van der Waals surface area (Å²) in [7, 11) is -5.05. The van der Waals surface area contributed by atoms with Crippen LogP contribution < -0.4 is 0 Å². The Bertz CT molecular complexity index is 675. The molecule has 0 fully saturated rings. The van der Waals surface area contributed by atoms with E-state index in [9.17, 15) is 0 Å². The van der Waals surface area contributed by atoms with E-state index in [-0.39, 0.29) is 0 Å². The Hall–Kier alpha value is 1.17. The molecule has 27 heavy (non-hydrogen) atoms. The van der Waals surface area contributed by atoms with E-state index < -0.39 is 68.6 Å². The quantitative estimate of drug-likeness (QED) is 0.287. The third kappa shape index (κ3) is 5.65. The van der Waals surface area contributed by atoms with Gasteiger partial charge in [-0.15, -0.1) is 0 Å². The van der Waals surface area contributed by atoms with E-state index in [1.165, 1.54) is 12.8 Å². The molecule has 2 aliphatic carbocycles. The average Bonchev–Trinajstić information content (AvgIpc) is 3.00. The minimum absolute atomic E-state index is 0.613. The zero-order chi connectivity index (χ0) is 21.0. The second kappa shape index (κ2) is 8.02. The first-order valence-electron chi connectivity index (χ1n) is 10.5. The number of rotatable bonds is 6. The molecule has 0 aromatic rings. The van der Waals surface area contributed by atoms with E-state index in [1.54, 1.807) is 0 Å². The Morgan fingerprint density at radius 1 is 0.519 bits per heavy atom. The van der Waals surface area contributed by atoms with Crippen LogP contribution in [-0.2, 0) is 0 Å². The summed E-state index contributed by atoms with van der Waals surface area (Å²) in [6, 6.07) is 0. The van der Waals surface area contributed by atoms with E-state index >= 15 is 0 Å². The van der Waals surface area contributed by atoms with Crippen LogP contribution in [0, 0.1) is 36.3 Å². The van der Waals surface area contributed by atoms with Gasteiger partial charge in [-0.1, -0.05) is 0 Å². The van der Waals surface area contributed by atoms with E-state index in [0.29, 0.717) is 0 Å². The van der Waals surface area contributed by atoms with Crippen LogP contribution in [0.5, 0.6) is 0 Å². The van der Waals surface area contributed by atoms with Gasteiger partial charge in [-0.25, -0.2) is 0 Å². The standard InChI is InChI=1S/2C11H21Si2.Sm/c2*1-12(2,3)10-8-7-9-11(10)13(4,5)6;/h2*8H,7H2,1-6H3;. The van der Waals surface area contributed by atoms with Crippen molar-refractivity contribution in [2.45, 2.75) is 91.4 Å². The predicted octanol–water partition coefficient (Wildman–Crippen LogP) is 7.75. The van der Waals surface area contributed by atoms with Crippen LogP contribution in [0.15, 0.2) is 35.5 Å². The SMILES string of the molecule is C[Si](C)(C)C1=CC[C]([Sm][C]2=C([Si](C)(C)C)C([Si](C)(C)C)=CC2)=C1[Si](C)(C)C. The van der Waals surface area contributed by atoms with Gasteiger partial charge in [0.15, 0.2) is 0 Å². The Morgan fingerprint density at radius 3 is 1.04 bits per heavy atom. The Morgan fingerprint density at radius 2 is 0.815 bits per heavy atom. The van der Waals surface area contributed by atoms with E-state index in [1.807, 2.05) is 23.4 Å². The number of hydrogen-bond acceptors (Lipinski definition) is 0. The molecule has 0 bridgehead atoms.